The molecule has 0 heterocycles. The summed E-state index contributed by atoms with van der Waals surface area (Å²) in [7, 11) is 1.49. The van der Waals surface area contributed by atoms with Crippen LogP contribution in [0.4, 0.5) is 4.39 Å². The summed E-state index contributed by atoms with van der Waals surface area (Å²) in [6, 6.07) is 2.91. The van der Waals surface area contributed by atoms with E-state index in [9.17, 15) is 4.39 Å². The summed E-state index contributed by atoms with van der Waals surface area (Å²) in [6.45, 7) is 2.13. The zero-order valence-corrected chi connectivity index (χ0v) is 11.3. The van der Waals surface area contributed by atoms with Gasteiger partial charge in [-0.15, -0.1) is 11.6 Å². The molecule has 1 rings (SSSR count). The van der Waals surface area contributed by atoms with Crippen molar-refractivity contribution in [3.8, 4) is 5.75 Å². The third kappa shape index (κ3) is 3.54. The summed E-state index contributed by atoms with van der Waals surface area (Å²) in [4.78, 5) is 0. The number of benzene rings is 1. The predicted molar refractivity (Wildman–Crippen MR) is 70.7 cm³/mol. The second-order valence-electron chi connectivity index (χ2n) is 3.43. The number of halogens is 2. The van der Waals surface area contributed by atoms with Gasteiger partial charge >= 0.3 is 0 Å². The first-order valence-electron chi connectivity index (χ1n) is 5.18. The van der Waals surface area contributed by atoms with Crippen LogP contribution in [0.1, 0.15) is 17.5 Å². The molecule has 0 atom stereocenters. The van der Waals surface area contributed by atoms with Gasteiger partial charge in [0.1, 0.15) is 0 Å². The Balaban J connectivity index is 2.98. The molecule has 0 aromatic heterocycles. The van der Waals surface area contributed by atoms with Gasteiger partial charge in [-0.2, -0.15) is 0 Å². The van der Waals surface area contributed by atoms with Crippen LogP contribution in [-0.4, -0.2) is 24.6 Å². The minimum absolute atomic E-state index is 0.215. The lowest BCUT2D eigenvalue weighted by molar-refractivity contribution is 0.299. The highest BCUT2D eigenvalue weighted by Gasteiger charge is 2.14. The molecule has 0 bridgehead atoms. The molecule has 0 N–H and O–H groups in total. The van der Waals surface area contributed by atoms with Crippen LogP contribution in [0.25, 0.3) is 0 Å². The Labute approximate surface area is 111 Å². The van der Waals surface area contributed by atoms with E-state index >= 15 is 0 Å². The first kappa shape index (κ1) is 14.2. The summed E-state index contributed by atoms with van der Waals surface area (Å²) in [6.07, 6.45) is 0.666. The molecule has 0 aliphatic carbocycles. The van der Waals surface area contributed by atoms with Crippen molar-refractivity contribution in [3.63, 3.8) is 0 Å². The number of hydrogen-bond donors (Lipinski definition) is 0. The maximum atomic E-state index is 13.6. The van der Waals surface area contributed by atoms with Crippen LogP contribution in [0.15, 0.2) is 12.1 Å². The normalized spacial score (nSPS) is 10.1. The minimum atomic E-state index is -0.403. The number of alkyl halides is 1. The molecule has 0 aliphatic heterocycles. The molecule has 1 aromatic rings. The van der Waals surface area contributed by atoms with Crippen LogP contribution in [0.5, 0.6) is 5.75 Å². The molecule has 94 valence electrons. The Hall–Kier alpha value is -0.870. The van der Waals surface area contributed by atoms with E-state index < -0.39 is 5.82 Å². The number of thiocarbonyl (C=S) groups is 1. The number of rotatable bonds is 5. The molecule has 5 heteroatoms. The van der Waals surface area contributed by atoms with Gasteiger partial charge in [-0.05, 0) is 37.7 Å². The molecule has 0 unspecified atom stereocenters. The van der Waals surface area contributed by atoms with Gasteiger partial charge < -0.3 is 9.47 Å². The van der Waals surface area contributed by atoms with E-state index in [1.165, 1.54) is 13.2 Å². The molecular formula is C12H14ClFO2S. The van der Waals surface area contributed by atoms with Crippen molar-refractivity contribution >= 4 is 28.9 Å². The van der Waals surface area contributed by atoms with Crippen molar-refractivity contribution in [2.24, 2.45) is 0 Å². The lowest BCUT2D eigenvalue weighted by Gasteiger charge is -2.13. The van der Waals surface area contributed by atoms with E-state index in [1.54, 1.807) is 13.0 Å². The maximum Gasteiger partial charge on any atom is 0.191 e. The fourth-order valence-electron chi connectivity index (χ4n) is 1.40. The van der Waals surface area contributed by atoms with Crippen molar-refractivity contribution in [1.29, 1.82) is 0 Å². The zero-order chi connectivity index (χ0) is 12.8. The van der Waals surface area contributed by atoms with Crippen LogP contribution in [0.3, 0.4) is 0 Å². The largest absolute Gasteiger partial charge is 0.490 e. The fourth-order valence-corrected chi connectivity index (χ4v) is 1.73. The summed E-state index contributed by atoms with van der Waals surface area (Å²) >= 11 is 10.6. The Morgan fingerprint density at radius 3 is 2.76 bits per heavy atom. The molecular weight excluding hydrogens is 263 g/mol. The van der Waals surface area contributed by atoms with E-state index in [0.717, 1.165) is 0 Å². The average Bonchev–Trinajstić information content (AvgIpc) is 2.32. The SMILES string of the molecule is COC(=S)c1ccc(F)c(OCCCCl)c1C. The molecule has 0 radical (unpaired) electrons. The van der Waals surface area contributed by atoms with Gasteiger partial charge in [-0.3, -0.25) is 0 Å². The summed E-state index contributed by atoms with van der Waals surface area (Å²) < 4.78 is 23.9. The predicted octanol–water partition coefficient (Wildman–Crippen LogP) is 3.46. The van der Waals surface area contributed by atoms with Crippen molar-refractivity contribution in [1.82, 2.24) is 0 Å². The quantitative estimate of drug-likeness (QED) is 0.466. The first-order chi connectivity index (χ1) is 8.11. The lowest BCUT2D eigenvalue weighted by atomic mass is 10.1. The zero-order valence-electron chi connectivity index (χ0n) is 9.76. The highest BCUT2D eigenvalue weighted by molar-refractivity contribution is 7.80. The van der Waals surface area contributed by atoms with Crippen LogP contribution >= 0.6 is 23.8 Å². The molecule has 0 amide bonds. The molecule has 0 saturated heterocycles. The molecule has 2 nitrogen and oxygen atoms in total. The highest BCUT2D eigenvalue weighted by Crippen LogP contribution is 2.26. The van der Waals surface area contributed by atoms with Gasteiger partial charge in [0.15, 0.2) is 16.6 Å². The Kier molecular flexibility index (Phi) is 5.65. The van der Waals surface area contributed by atoms with E-state index in [0.29, 0.717) is 35.1 Å². The average molecular weight is 277 g/mol. The molecule has 0 saturated carbocycles. The Bertz CT molecular complexity index is 410. The van der Waals surface area contributed by atoms with E-state index in [-0.39, 0.29) is 5.75 Å². The molecule has 1 aromatic carbocycles. The van der Waals surface area contributed by atoms with E-state index in [2.05, 4.69) is 0 Å². The van der Waals surface area contributed by atoms with Crippen molar-refractivity contribution < 1.29 is 13.9 Å². The standard InChI is InChI=1S/C12H14ClFO2S/c1-8-9(12(17)15-2)4-5-10(14)11(8)16-7-3-6-13/h4-5H,3,6-7H2,1-2H3. The Morgan fingerprint density at radius 2 is 2.18 bits per heavy atom. The second-order valence-corrected chi connectivity index (χ2v) is 4.18. The van der Waals surface area contributed by atoms with Gasteiger partial charge in [-0.1, -0.05) is 0 Å². The molecule has 0 fully saturated rings. The summed E-state index contributed by atoms with van der Waals surface area (Å²) in [5.74, 6) is 0.295. The third-order valence-electron chi connectivity index (χ3n) is 2.29. The number of methoxy groups -OCH3 is 1. The highest BCUT2D eigenvalue weighted by atomic mass is 35.5. The Morgan fingerprint density at radius 1 is 1.47 bits per heavy atom. The lowest BCUT2D eigenvalue weighted by Crippen LogP contribution is -2.07. The van der Waals surface area contributed by atoms with Crippen LogP contribution in [0, 0.1) is 12.7 Å². The first-order valence-corrected chi connectivity index (χ1v) is 6.12. The van der Waals surface area contributed by atoms with Gasteiger partial charge in [0.25, 0.3) is 0 Å². The summed E-state index contributed by atoms with van der Waals surface area (Å²) in [5.41, 5.74) is 1.32. The minimum Gasteiger partial charge on any atom is -0.490 e. The number of hydrogen-bond acceptors (Lipinski definition) is 3. The molecule has 0 spiro atoms. The molecule has 17 heavy (non-hydrogen) atoms. The van der Waals surface area contributed by atoms with Crippen molar-refractivity contribution in [3.05, 3.63) is 29.1 Å². The van der Waals surface area contributed by atoms with Gasteiger partial charge in [0, 0.05) is 17.0 Å². The second kappa shape index (κ2) is 6.77. The van der Waals surface area contributed by atoms with Gasteiger partial charge in [-0.25, -0.2) is 4.39 Å². The van der Waals surface area contributed by atoms with Crippen LogP contribution in [0.2, 0.25) is 0 Å². The van der Waals surface area contributed by atoms with E-state index in [1.807, 2.05) is 0 Å². The van der Waals surface area contributed by atoms with Crippen molar-refractivity contribution in [2.45, 2.75) is 13.3 Å². The van der Waals surface area contributed by atoms with Gasteiger partial charge in [0.2, 0.25) is 0 Å². The number of ether oxygens (including phenoxy) is 2. The van der Waals surface area contributed by atoms with E-state index in [4.69, 9.17) is 33.3 Å². The van der Waals surface area contributed by atoms with Crippen LogP contribution < -0.4 is 4.74 Å². The summed E-state index contributed by atoms with van der Waals surface area (Å²) in [5, 5.41) is 0.324. The van der Waals surface area contributed by atoms with Gasteiger partial charge in [0.05, 0.1) is 13.7 Å². The topological polar surface area (TPSA) is 18.5 Å². The molecule has 0 aliphatic rings. The maximum absolute atomic E-state index is 13.6. The monoisotopic (exact) mass is 276 g/mol. The smallest absolute Gasteiger partial charge is 0.191 e. The van der Waals surface area contributed by atoms with Crippen LogP contribution in [-0.2, 0) is 4.74 Å². The third-order valence-corrected chi connectivity index (χ3v) is 2.94. The fraction of sp³-hybridized carbons (Fsp3) is 0.417. The van der Waals surface area contributed by atoms with Crippen molar-refractivity contribution in [2.75, 3.05) is 19.6 Å².